The molecule has 1 fully saturated rings. The lowest BCUT2D eigenvalue weighted by Gasteiger charge is -2.28. The summed E-state index contributed by atoms with van der Waals surface area (Å²) in [6.45, 7) is 9.99. The number of sulfone groups is 1. The van der Waals surface area contributed by atoms with Crippen LogP contribution in [0.5, 0.6) is 0 Å². The molecule has 0 bridgehead atoms. The Morgan fingerprint density at radius 2 is 1.89 bits per heavy atom. The molecule has 28 heavy (non-hydrogen) atoms. The van der Waals surface area contributed by atoms with Gasteiger partial charge in [-0.15, -0.1) is 0 Å². The second-order valence-electron chi connectivity index (χ2n) is 8.73. The third-order valence-electron chi connectivity index (χ3n) is 6.15. The minimum absolute atomic E-state index is 0.0115. The van der Waals surface area contributed by atoms with Gasteiger partial charge in [-0.25, -0.2) is 8.42 Å². The van der Waals surface area contributed by atoms with Gasteiger partial charge in [0.2, 0.25) is 0 Å². The van der Waals surface area contributed by atoms with Crippen LogP contribution < -0.4 is 0 Å². The van der Waals surface area contributed by atoms with Gasteiger partial charge in [-0.3, -0.25) is 4.79 Å². The third kappa shape index (κ3) is 4.83. The molecule has 1 saturated heterocycles. The van der Waals surface area contributed by atoms with E-state index in [0.29, 0.717) is 37.5 Å². The number of Topliss-reactive ketones (excluding diaryl/α,β-unsaturated/α-hetero) is 1. The summed E-state index contributed by atoms with van der Waals surface area (Å²) in [6, 6.07) is 1.72. The van der Waals surface area contributed by atoms with Crippen molar-refractivity contribution in [1.82, 2.24) is 5.16 Å². The molecule has 1 aromatic rings. The van der Waals surface area contributed by atoms with E-state index < -0.39 is 20.0 Å². The van der Waals surface area contributed by atoms with E-state index in [2.05, 4.69) is 5.16 Å². The quantitative estimate of drug-likeness (QED) is 0.612. The van der Waals surface area contributed by atoms with Crippen molar-refractivity contribution in [3.63, 3.8) is 0 Å². The van der Waals surface area contributed by atoms with Gasteiger partial charge in [0.15, 0.2) is 15.6 Å². The van der Waals surface area contributed by atoms with E-state index in [1.165, 1.54) is 13.8 Å². The molecule has 0 radical (unpaired) electrons. The Kier molecular flexibility index (Phi) is 7.10. The predicted octanol–water partition coefficient (Wildman–Crippen LogP) is 2.72. The van der Waals surface area contributed by atoms with Crippen LogP contribution in [0.4, 0.5) is 0 Å². The number of hydrogen-bond acceptors (Lipinski definition) is 7. The van der Waals surface area contributed by atoms with Crippen molar-refractivity contribution in [3.8, 4) is 0 Å². The zero-order chi connectivity index (χ0) is 21.2. The van der Waals surface area contributed by atoms with Crippen molar-refractivity contribution in [2.45, 2.75) is 70.1 Å². The molecule has 0 aromatic carbocycles. The second-order valence-corrected chi connectivity index (χ2v) is 11.3. The fraction of sp³-hybridized carbons (Fsp3) is 0.800. The molecule has 1 aliphatic rings. The average molecular weight is 416 g/mol. The highest BCUT2D eigenvalue weighted by Crippen LogP contribution is 2.30. The molecule has 0 unspecified atom stereocenters. The van der Waals surface area contributed by atoms with Gasteiger partial charge in [0.05, 0.1) is 29.4 Å². The Hall–Kier alpha value is -1.25. The fourth-order valence-electron chi connectivity index (χ4n) is 3.18. The second kappa shape index (κ2) is 8.63. The first-order valence-electron chi connectivity index (χ1n) is 9.74. The Bertz CT molecular complexity index is 774. The van der Waals surface area contributed by atoms with Gasteiger partial charge in [-0.2, -0.15) is 0 Å². The maximum atomic E-state index is 12.9. The summed E-state index contributed by atoms with van der Waals surface area (Å²) < 4.78 is 40.5. The number of nitrogens with zero attached hydrogens (tertiary/aromatic N) is 1. The highest BCUT2D eigenvalue weighted by Gasteiger charge is 2.43. The van der Waals surface area contributed by atoms with Gasteiger partial charge < -0.3 is 14.0 Å². The first-order valence-corrected chi connectivity index (χ1v) is 11.4. The zero-order valence-electron chi connectivity index (χ0n) is 17.8. The molecule has 8 heteroatoms. The predicted molar refractivity (Wildman–Crippen MR) is 106 cm³/mol. The lowest BCUT2D eigenvalue weighted by Crippen LogP contribution is -2.44. The number of carbonyl (C=O) groups excluding carboxylic acids is 1. The first kappa shape index (κ1) is 23.0. The van der Waals surface area contributed by atoms with Gasteiger partial charge in [0.25, 0.3) is 0 Å². The summed E-state index contributed by atoms with van der Waals surface area (Å²) in [7, 11) is -1.98. The molecule has 1 atom stereocenters. The van der Waals surface area contributed by atoms with Crippen molar-refractivity contribution in [2.24, 2.45) is 5.92 Å². The van der Waals surface area contributed by atoms with Crippen LogP contribution in [0.25, 0.3) is 0 Å². The Morgan fingerprint density at radius 3 is 2.46 bits per heavy atom. The molecule has 0 aliphatic carbocycles. The van der Waals surface area contributed by atoms with Crippen LogP contribution in [0.3, 0.4) is 0 Å². The van der Waals surface area contributed by atoms with Crippen LogP contribution in [0.2, 0.25) is 0 Å². The standard InChI is InChI=1S/C20H33NO6S/c1-14(25-6)19(2,3)18-12-16(21-27-18)11-17(22)20(4,5)28(23,24)13-15-7-9-26-10-8-15/h12,14-15H,7-11,13H2,1-6H3/t14-/m0/s1. The lowest BCUT2D eigenvalue weighted by molar-refractivity contribution is -0.120. The molecule has 1 aromatic heterocycles. The third-order valence-corrected chi connectivity index (χ3v) is 8.84. The molecule has 0 spiro atoms. The van der Waals surface area contributed by atoms with E-state index in [-0.39, 0.29) is 30.0 Å². The van der Waals surface area contributed by atoms with Crippen molar-refractivity contribution in [2.75, 3.05) is 26.1 Å². The average Bonchev–Trinajstić information content (AvgIpc) is 3.10. The van der Waals surface area contributed by atoms with Crippen LogP contribution >= 0.6 is 0 Å². The highest BCUT2D eigenvalue weighted by molar-refractivity contribution is 7.93. The number of hydrogen-bond donors (Lipinski definition) is 0. The minimum Gasteiger partial charge on any atom is -0.381 e. The van der Waals surface area contributed by atoms with E-state index in [9.17, 15) is 13.2 Å². The number of methoxy groups -OCH3 is 1. The van der Waals surface area contributed by atoms with E-state index in [0.717, 1.165) is 0 Å². The van der Waals surface area contributed by atoms with E-state index in [4.69, 9.17) is 14.0 Å². The summed E-state index contributed by atoms with van der Waals surface area (Å²) in [4.78, 5) is 12.9. The number of carbonyl (C=O) groups is 1. The van der Waals surface area contributed by atoms with Gasteiger partial charge >= 0.3 is 0 Å². The zero-order valence-corrected chi connectivity index (χ0v) is 18.6. The Balaban J connectivity index is 2.10. The van der Waals surface area contributed by atoms with E-state index in [1.54, 1.807) is 13.2 Å². The molecule has 2 rings (SSSR count). The SMILES string of the molecule is CO[C@@H](C)C(C)(C)c1cc(CC(=O)C(C)(C)S(=O)(=O)CC2CCOCC2)no1. The molecule has 0 saturated carbocycles. The number of ether oxygens (including phenoxy) is 2. The lowest BCUT2D eigenvalue weighted by atomic mass is 9.84. The van der Waals surface area contributed by atoms with E-state index >= 15 is 0 Å². The molecule has 0 N–H and O–H groups in total. The van der Waals surface area contributed by atoms with Crippen molar-refractivity contribution < 1.29 is 27.2 Å². The van der Waals surface area contributed by atoms with Gasteiger partial charge in [0.1, 0.15) is 10.5 Å². The summed E-state index contributed by atoms with van der Waals surface area (Å²) in [5.41, 5.74) is 0.0129. The van der Waals surface area contributed by atoms with Crippen LogP contribution in [0.15, 0.2) is 10.6 Å². The number of aromatic nitrogens is 1. The molecule has 2 heterocycles. The summed E-state index contributed by atoms with van der Waals surface area (Å²) in [5.74, 6) is 0.280. The van der Waals surface area contributed by atoms with Crippen molar-refractivity contribution in [1.29, 1.82) is 0 Å². The molecule has 1 aliphatic heterocycles. The molecule has 0 amide bonds. The Labute approximate surface area is 168 Å². The normalized spacial score (nSPS) is 18.2. The number of rotatable bonds is 9. The maximum absolute atomic E-state index is 12.9. The Morgan fingerprint density at radius 1 is 1.29 bits per heavy atom. The van der Waals surface area contributed by atoms with Crippen LogP contribution in [-0.2, 0) is 35.9 Å². The first-order chi connectivity index (χ1) is 12.9. The van der Waals surface area contributed by atoms with Gasteiger partial charge in [-0.05, 0) is 39.5 Å². The minimum atomic E-state index is -3.60. The van der Waals surface area contributed by atoms with Gasteiger partial charge in [0, 0.05) is 26.4 Å². The van der Waals surface area contributed by atoms with Crippen molar-refractivity contribution >= 4 is 15.6 Å². The molecule has 7 nitrogen and oxygen atoms in total. The van der Waals surface area contributed by atoms with Crippen LogP contribution in [-0.4, -0.2) is 56.3 Å². The molecular weight excluding hydrogens is 382 g/mol. The van der Waals surface area contributed by atoms with Crippen molar-refractivity contribution in [3.05, 3.63) is 17.5 Å². The molecular formula is C20H33NO6S. The topological polar surface area (TPSA) is 95.7 Å². The molecule has 160 valence electrons. The smallest absolute Gasteiger partial charge is 0.162 e. The maximum Gasteiger partial charge on any atom is 0.162 e. The highest BCUT2D eigenvalue weighted by atomic mass is 32.2. The van der Waals surface area contributed by atoms with Crippen LogP contribution in [0.1, 0.15) is 58.9 Å². The fourth-order valence-corrected chi connectivity index (χ4v) is 4.97. The van der Waals surface area contributed by atoms with Crippen LogP contribution in [0, 0.1) is 5.92 Å². The monoisotopic (exact) mass is 415 g/mol. The number of ketones is 1. The largest absolute Gasteiger partial charge is 0.381 e. The summed E-state index contributed by atoms with van der Waals surface area (Å²) in [6.07, 6.45) is 1.23. The van der Waals surface area contributed by atoms with Gasteiger partial charge in [-0.1, -0.05) is 19.0 Å². The summed E-state index contributed by atoms with van der Waals surface area (Å²) in [5, 5.41) is 3.99. The van der Waals surface area contributed by atoms with E-state index in [1.807, 2.05) is 20.8 Å². The summed E-state index contributed by atoms with van der Waals surface area (Å²) >= 11 is 0.